The Labute approximate surface area is 134 Å². The van der Waals surface area contributed by atoms with Crippen molar-refractivity contribution in [2.24, 2.45) is 0 Å². The number of aromatic nitrogens is 2. The second kappa shape index (κ2) is 6.87. The first kappa shape index (κ1) is 15.0. The van der Waals surface area contributed by atoms with E-state index >= 15 is 0 Å². The summed E-state index contributed by atoms with van der Waals surface area (Å²) in [5, 5.41) is 10.9. The average molecular weight is 307 g/mol. The molecule has 0 saturated heterocycles. The van der Waals surface area contributed by atoms with E-state index in [1.54, 1.807) is 0 Å². The minimum absolute atomic E-state index is 0.0770. The molecule has 2 aromatic carbocycles. The molecule has 1 aromatic heterocycles. The van der Waals surface area contributed by atoms with Crippen molar-refractivity contribution in [3.8, 4) is 11.5 Å². The van der Waals surface area contributed by atoms with Gasteiger partial charge < -0.3 is 9.73 Å². The van der Waals surface area contributed by atoms with Gasteiger partial charge >= 0.3 is 0 Å². The average Bonchev–Trinajstić information content (AvgIpc) is 3.03. The molecule has 0 fully saturated rings. The molecule has 0 aliphatic carbocycles. The van der Waals surface area contributed by atoms with Crippen LogP contribution in [0.1, 0.15) is 17.9 Å². The molecule has 0 spiro atoms. The van der Waals surface area contributed by atoms with E-state index in [1.807, 2.05) is 61.5 Å². The lowest BCUT2D eigenvalue weighted by Gasteiger charge is -2.03. The first-order valence-corrected chi connectivity index (χ1v) is 7.45. The van der Waals surface area contributed by atoms with Crippen molar-refractivity contribution in [1.82, 2.24) is 10.2 Å². The molecule has 0 atom stereocenters. The normalized spacial score (nSPS) is 10.5. The number of hydrogen-bond acceptors (Lipinski definition) is 4. The summed E-state index contributed by atoms with van der Waals surface area (Å²) in [5.74, 6) is 0.875. The molecule has 1 heterocycles. The van der Waals surface area contributed by atoms with Crippen LogP contribution in [0, 0.1) is 6.92 Å². The zero-order chi connectivity index (χ0) is 16.1. The predicted octanol–water partition coefficient (Wildman–Crippen LogP) is 3.62. The van der Waals surface area contributed by atoms with Gasteiger partial charge in [-0.25, -0.2) is 0 Å². The lowest BCUT2D eigenvalue weighted by atomic mass is 10.1. The summed E-state index contributed by atoms with van der Waals surface area (Å²) in [6.07, 6.45) is 0.710. The smallest absolute Gasteiger partial charge is 0.247 e. The van der Waals surface area contributed by atoms with Gasteiger partial charge in [-0.3, -0.25) is 4.79 Å². The first-order valence-electron chi connectivity index (χ1n) is 7.45. The van der Waals surface area contributed by atoms with Crippen molar-refractivity contribution < 1.29 is 9.21 Å². The minimum atomic E-state index is -0.0770. The molecule has 0 saturated carbocycles. The molecule has 1 N–H and O–H groups in total. The van der Waals surface area contributed by atoms with Gasteiger partial charge in [0.15, 0.2) is 0 Å². The summed E-state index contributed by atoms with van der Waals surface area (Å²) in [6.45, 7) is 1.99. The van der Waals surface area contributed by atoms with Gasteiger partial charge in [0, 0.05) is 24.1 Å². The standard InChI is InChI=1S/C18H17N3O2/c1-13-7-5-6-10-15(13)18-21-20-17(23-18)12-11-16(22)19-14-8-3-2-4-9-14/h2-10H,11-12H2,1H3,(H,19,22). The Kier molecular flexibility index (Phi) is 4.47. The van der Waals surface area contributed by atoms with Crippen molar-refractivity contribution >= 4 is 11.6 Å². The summed E-state index contributed by atoms with van der Waals surface area (Å²) < 4.78 is 5.65. The van der Waals surface area contributed by atoms with Crippen LogP contribution < -0.4 is 5.32 Å². The molecule has 116 valence electrons. The Morgan fingerprint density at radius 1 is 1.04 bits per heavy atom. The molecule has 1 amide bonds. The van der Waals surface area contributed by atoms with Gasteiger partial charge in [-0.05, 0) is 30.7 Å². The van der Waals surface area contributed by atoms with Gasteiger partial charge in [0.25, 0.3) is 0 Å². The highest BCUT2D eigenvalue weighted by Gasteiger charge is 2.12. The number of para-hydroxylation sites is 1. The number of carbonyl (C=O) groups excluding carboxylic acids is 1. The van der Waals surface area contributed by atoms with Crippen LogP contribution >= 0.6 is 0 Å². The fraction of sp³-hybridized carbons (Fsp3) is 0.167. The molecule has 23 heavy (non-hydrogen) atoms. The lowest BCUT2D eigenvalue weighted by Crippen LogP contribution is -2.12. The quantitative estimate of drug-likeness (QED) is 0.781. The van der Waals surface area contributed by atoms with Crippen molar-refractivity contribution in [3.05, 3.63) is 66.1 Å². The largest absolute Gasteiger partial charge is 0.421 e. The van der Waals surface area contributed by atoms with Crippen LogP contribution in [-0.2, 0) is 11.2 Å². The van der Waals surface area contributed by atoms with Crippen LogP contribution in [0.5, 0.6) is 0 Å². The van der Waals surface area contributed by atoms with Crippen LogP contribution in [0.3, 0.4) is 0 Å². The van der Waals surface area contributed by atoms with E-state index in [9.17, 15) is 4.79 Å². The summed E-state index contributed by atoms with van der Waals surface area (Å²) in [6, 6.07) is 17.2. The Balaban J connectivity index is 1.59. The van der Waals surface area contributed by atoms with Gasteiger partial charge in [-0.2, -0.15) is 0 Å². The summed E-state index contributed by atoms with van der Waals surface area (Å²) >= 11 is 0. The predicted molar refractivity (Wildman–Crippen MR) is 87.9 cm³/mol. The van der Waals surface area contributed by atoms with Crippen LogP contribution in [0.15, 0.2) is 59.0 Å². The van der Waals surface area contributed by atoms with E-state index in [-0.39, 0.29) is 5.91 Å². The second-order valence-electron chi connectivity index (χ2n) is 5.23. The van der Waals surface area contributed by atoms with Crippen molar-refractivity contribution in [1.29, 1.82) is 0 Å². The number of anilines is 1. The third kappa shape index (κ3) is 3.83. The van der Waals surface area contributed by atoms with E-state index in [0.29, 0.717) is 24.6 Å². The van der Waals surface area contributed by atoms with E-state index < -0.39 is 0 Å². The van der Waals surface area contributed by atoms with Crippen LogP contribution in [0.2, 0.25) is 0 Å². The molecule has 3 rings (SSSR count). The Bertz CT molecular complexity index is 797. The van der Waals surface area contributed by atoms with E-state index in [2.05, 4.69) is 15.5 Å². The number of aryl methyl sites for hydroxylation is 2. The van der Waals surface area contributed by atoms with E-state index in [1.165, 1.54) is 0 Å². The van der Waals surface area contributed by atoms with Crippen molar-refractivity contribution in [2.45, 2.75) is 19.8 Å². The van der Waals surface area contributed by atoms with Gasteiger partial charge in [0.1, 0.15) is 0 Å². The van der Waals surface area contributed by atoms with Gasteiger partial charge in [-0.15, -0.1) is 10.2 Å². The lowest BCUT2D eigenvalue weighted by molar-refractivity contribution is -0.116. The Morgan fingerprint density at radius 3 is 2.57 bits per heavy atom. The zero-order valence-corrected chi connectivity index (χ0v) is 12.8. The van der Waals surface area contributed by atoms with Gasteiger partial charge in [0.2, 0.25) is 17.7 Å². The molecule has 5 heteroatoms. The third-order valence-corrected chi connectivity index (χ3v) is 3.47. The molecule has 0 bridgehead atoms. The number of nitrogens with zero attached hydrogens (tertiary/aromatic N) is 2. The SMILES string of the molecule is Cc1ccccc1-c1nnc(CCC(=O)Nc2ccccc2)o1. The molecule has 3 aromatic rings. The molecule has 0 unspecified atom stereocenters. The van der Waals surface area contributed by atoms with Crippen molar-refractivity contribution in [2.75, 3.05) is 5.32 Å². The fourth-order valence-electron chi connectivity index (χ4n) is 2.24. The molecule has 0 radical (unpaired) electrons. The van der Waals surface area contributed by atoms with Crippen LogP contribution in [0.4, 0.5) is 5.69 Å². The number of hydrogen-bond donors (Lipinski definition) is 1. The molecule has 0 aliphatic heterocycles. The van der Waals surface area contributed by atoms with Crippen LogP contribution in [-0.4, -0.2) is 16.1 Å². The fourth-order valence-corrected chi connectivity index (χ4v) is 2.24. The Morgan fingerprint density at radius 2 is 1.78 bits per heavy atom. The van der Waals surface area contributed by atoms with Crippen LogP contribution in [0.25, 0.3) is 11.5 Å². The molecule has 0 aliphatic rings. The summed E-state index contributed by atoms with van der Waals surface area (Å²) in [4.78, 5) is 11.9. The number of benzene rings is 2. The minimum Gasteiger partial charge on any atom is -0.421 e. The topological polar surface area (TPSA) is 68.0 Å². The maximum atomic E-state index is 11.9. The number of nitrogens with one attached hydrogen (secondary N) is 1. The number of amides is 1. The van der Waals surface area contributed by atoms with E-state index in [0.717, 1.165) is 16.8 Å². The van der Waals surface area contributed by atoms with Gasteiger partial charge in [0.05, 0.1) is 0 Å². The molecule has 5 nitrogen and oxygen atoms in total. The maximum absolute atomic E-state index is 11.9. The first-order chi connectivity index (χ1) is 11.2. The molecular formula is C18H17N3O2. The maximum Gasteiger partial charge on any atom is 0.247 e. The number of carbonyl (C=O) groups is 1. The molecular weight excluding hydrogens is 290 g/mol. The highest BCUT2D eigenvalue weighted by molar-refractivity contribution is 5.90. The summed E-state index contributed by atoms with van der Waals surface area (Å²) in [5.41, 5.74) is 2.77. The highest BCUT2D eigenvalue weighted by atomic mass is 16.4. The summed E-state index contributed by atoms with van der Waals surface area (Å²) in [7, 11) is 0. The van der Waals surface area contributed by atoms with E-state index in [4.69, 9.17) is 4.42 Å². The Hall–Kier alpha value is -2.95. The number of rotatable bonds is 5. The monoisotopic (exact) mass is 307 g/mol. The van der Waals surface area contributed by atoms with Crippen molar-refractivity contribution in [3.63, 3.8) is 0 Å². The highest BCUT2D eigenvalue weighted by Crippen LogP contribution is 2.21. The zero-order valence-electron chi connectivity index (χ0n) is 12.8. The van der Waals surface area contributed by atoms with Gasteiger partial charge in [-0.1, -0.05) is 36.4 Å². The third-order valence-electron chi connectivity index (χ3n) is 3.47. The second-order valence-corrected chi connectivity index (χ2v) is 5.23.